The minimum atomic E-state index is -0.513. The van der Waals surface area contributed by atoms with Crippen LogP contribution < -0.4 is 5.43 Å². The van der Waals surface area contributed by atoms with E-state index in [-0.39, 0.29) is 17.5 Å². The van der Waals surface area contributed by atoms with E-state index in [2.05, 4.69) is 5.43 Å². The normalized spacial score (nSPS) is 16.2. The maximum absolute atomic E-state index is 12.8. The molecule has 27 heavy (non-hydrogen) atoms. The number of nitrogens with zero attached hydrogens (tertiary/aromatic N) is 2. The van der Waals surface area contributed by atoms with Crippen molar-refractivity contribution in [2.24, 2.45) is 0 Å². The van der Waals surface area contributed by atoms with Crippen molar-refractivity contribution >= 4 is 28.6 Å². The zero-order valence-corrected chi connectivity index (χ0v) is 15.3. The van der Waals surface area contributed by atoms with E-state index < -0.39 is 11.9 Å². The number of hydrogen-bond acceptors (Lipinski definition) is 3. The summed E-state index contributed by atoms with van der Waals surface area (Å²) in [5.74, 6) is -0.990. The van der Waals surface area contributed by atoms with Crippen LogP contribution in [0.5, 0.6) is 0 Å². The van der Waals surface area contributed by atoms with Crippen LogP contribution in [-0.4, -0.2) is 27.3 Å². The molecule has 1 unspecified atom stereocenters. The smallest absolute Gasteiger partial charge is 0.275 e. The number of para-hydroxylation sites is 1. The molecule has 4 rings (SSSR count). The monoisotopic (exact) mass is 361 g/mol. The van der Waals surface area contributed by atoms with E-state index in [0.717, 1.165) is 16.5 Å². The fourth-order valence-electron chi connectivity index (χ4n) is 3.77. The third kappa shape index (κ3) is 2.52. The molecule has 0 aliphatic carbocycles. The fraction of sp³-hybridized carbons (Fsp3) is 0.190. The highest BCUT2D eigenvalue weighted by Crippen LogP contribution is 2.40. The lowest BCUT2D eigenvalue weighted by molar-refractivity contribution is -0.133. The Morgan fingerprint density at radius 3 is 2.26 bits per heavy atom. The van der Waals surface area contributed by atoms with Crippen molar-refractivity contribution in [3.63, 3.8) is 0 Å². The molecule has 0 saturated carbocycles. The first-order valence-corrected chi connectivity index (χ1v) is 8.71. The molecule has 3 aromatic rings. The average molecular weight is 361 g/mol. The summed E-state index contributed by atoms with van der Waals surface area (Å²) in [6.07, 6.45) is 0. The lowest BCUT2D eigenvalue weighted by Crippen LogP contribution is -2.52. The van der Waals surface area contributed by atoms with Crippen LogP contribution in [0, 0.1) is 6.92 Å². The summed E-state index contributed by atoms with van der Waals surface area (Å²) in [4.78, 5) is 37.5. The van der Waals surface area contributed by atoms with Crippen molar-refractivity contribution in [1.82, 2.24) is 15.0 Å². The summed E-state index contributed by atoms with van der Waals surface area (Å²) in [6, 6.07) is 14.7. The Labute approximate surface area is 156 Å². The number of amides is 2. The highest BCUT2D eigenvalue weighted by atomic mass is 16.2. The molecule has 1 aromatic heterocycles. The molecule has 0 bridgehead atoms. The number of carbonyl (C=O) groups excluding carboxylic acids is 3. The van der Waals surface area contributed by atoms with E-state index in [0.29, 0.717) is 11.1 Å². The summed E-state index contributed by atoms with van der Waals surface area (Å²) in [7, 11) is 0. The van der Waals surface area contributed by atoms with Gasteiger partial charge in [-0.15, -0.1) is 0 Å². The number of fused-ring (bicyclic) bond motifs is 3. The molecule has 6 heteroatoms. The van der Waals surface area contributed by atoms with Crippen molar-refractivity contribution in [2.45, 2.75) is 26.8 Å². The maximum Gasteiger partial charge on any atom is 0.287 e. The summed E-state index contributed by atoms with van der Waals surface area (Å²) in [5, 5.41) is 2.13. The van der Waals surface area contributed by atoms with E-state index in [1.807, 2.05) is 55.5 Å². The first-order valence-electron chi connectivity index (χ1n) is 8.71. The van der Waals surface area contributed by atoms with Crippen LogP contribution in [0.3, 0.4) is 0 Å². The zero-order chi connectivity index (χ0) is 19.3. The van der Waals surface area contributed by atoms with Gasteiger partial charge in [0.25, 0.3) is 5.91 Å². The third-order valence-corrected chi connectivity index (χ3v) is 4.93. The van der Waals surface area contributed by atoms with Crippen LogP contribution in [0.1, 0.15) is 51.9 Å². The summed E-state index contributed by atoms with van der Waals surface area (Å²) >= 11 is 0. The number of hydrogen-bond donors (Lipinski definition) is 1. The number of aryl methyl sites for hydroxylation is 1. The van der Waals surface area contributed by atoms with E-state index in [1.54, 1.807) is 0 Å². The largest absolute Gasteiger partial charge is 0.287 e. The van der Waals surface area contributed by atoms with Gasteiger partial charge in [-0.2, -0.15) is 0 Å². The first kappa shape index (κ1) is 17.0. The minimum absolute atomic E-state index is 0.249. The molecular weight excluding hydrogens is 342 g/mol. The van der Waals surface area contributed by atoms with E-state index in [9.17, 15) is 14.4 Å². The van der Waals surface area contributed by atoms with Crippen molar-refractivity contribution in [3.8, 4) is 0 Å². The van der Waals surface area contributed by atoms with Gasteiger partial charge >= 0.3 is 0 Å². The highest BCUT2D eigenvalue weighted by molar-refractivity contribution is 6.09. The third-order valence-electron chi connectivity index (χ3n) is 4.93. The van der Waals surface area contributed by atoms with Gasteiger partial charge in [-0.3, -0.25) is 24.4 Å². The number of rotatable bonds is 1. The summed E-state index contributed by atoms with van der Waals surface area (Å²) in [5.41, 5.74) is 6.24. The van der Waals surface area contributed by atoms with Gasteiger partial charge < -0.3 is 0 Å². The molecule has 2 aromatic carbocycles. The molecule has 1 N–H and O–H groups in total. The molecule has 2 amide bonds. The number of hydrazine groups is 1. The Bertz CT molecular complexity index is 1100. The number of benzene rings is 2. The Kier molecular flexibility index (Phi) is 3.84. The predicted molar refractivity (Wildman–Crippen MR) is 101 cm³/mol. The van der Waals surface area contributed by atoms with Crippen molar-refractivity contribution in [1.29, 1.82) is 0 Å². The number of carbonyl (C=O) groups is 3. The Morgan fingerprint density at radius 1 is 0.963 bits per heavy atom. The van der Waals surface area contributed by atoms with Gasteiger partial charge in [-0.25, -0.2) is 5.01 Å². The van der Waals surface area contributed by atoms with Crippen LogP contribution in [-0.2, 0) is 4.79 Å². The maximum atomic E-state index is 12.8. The second kappa shape index (κ2) is 6.09. The molecule has 136 valence electrons. The van der Waals surface area contributed by atoms with Gasteiger partial charge in [0.05, 0.1) is 5.52 Å². The highest BCUT2D eigenvalue weighted by Gasteiger charge is 2.40. The molecule has 0 saturated heterocycles. The second-order valence-electron chi connectivity index (χ2n) is 6.78. The van der Waals surface area contributed by atoms with Gasteiger partial charge in [0.1, 0.15) is 11.7 Å². The summed E-state index contributed by atoms with van der Waals surface area (Å²) < 4.78 is 1.43. The predicted octanol–water partition coefficient (Wildman–Crippen LogP) is 3.21. The van der Waals surface area contributed by atoms with Crippen LogP contribution in [0.15, 0.2) is 48.5 Å². The molecule has 0 spiro atoms. The molecule has 6 nitrogen and oxygen atoms in total. The van der Waals surface area contributed by atoms with Crippen LogP contribution >= 0.6 is 0 Å². The topological polar surface area (TPSA) is 71.4 Å². The molecular formula is C21H19N3O3. The van der Waals surface area contributed by atoms with Crippen molar-refractivity contribution in [2.75, 3.05) is 0 Å². The molecule has 0 radical (unpaired) electrons. The lowest BCUT2D eigenvalue weighted by Gasteiger charge is -2.36. The standard InChI is InChI=1S/C21H19N3O3/c1-12-8-10-15(11-9-12)19-18-16-6-4-5-7-17(16)23(13(2)25)20(18)21(27)22-24(19)14(3)26/h4-11,19H,1-3H3,(H,22,27). The molecule has 1 aliphatic rings. The Hall–Kier alpha value is -3.41. The second-order valence-corrected chi connectivity index (χ2v) is 6.78. The van der Waals surface area contributed by atoms with E-state index in [1.165, 1.54) is 23.4 Å². The Morgan fingerprint density at radius 2 is 1.63 bits per heavy atom. The van der Waals surface area contributed by atoms with Gasteiger partial charge in [-0.05, 0) is 18.6 Å². The van der Waals surface area contributed by atoms with Gasteiger partial charge in [-0.1, -0.05) is 48.0 Å². The number of aromatic nitrogens is 1. The van der Waals surface area contributed by atoms with Gasteiger partial charge in [0.2, 0.25) is 11.8 Å². The fourth-order valence-corrected chi connectivity index (χ4v) is 3.77. The van der Waals surface area contributed by atoms with E-state index in [4.69, 9.17) is 0 Å². The van der Waals surface area contributed by atoms with Crippen LogP contribution in [0.25, 0.3) is 10.9 Å². The molecule has 0 fully saturated rings. The van der Waals surface area contributed by atoms with Gasteiger partial charge in [0.15, 0.2) is 0 Å². The van der Waals surface area contributed by atoms with E-state index >= 15 is 0 Å². The SMILES string of the molecule is CC(=O)N1NC(=O)c2c(c3ccccc3n2C(C)=O)C1c1ccc(C)cc1. The number of nitrogens with one attached hydrogen (secondary N) is 1. The van der Waals surface area contributed by atoms with Crippen LogP contribution in [0.4, 0.5) is 0 Å². The minimum Gasteiger partial charge on any atom is -0.275 e. The van der Waals surface area contributed by atoms with Crippen molar-refractivity contribution < 1.29 is 14.4 Å². The quantitative estimate of drug-likeness (QED) is 0.723. The molecule has 1 aliphatic heterocycles. The van der Waals surface area contributed by atoms with Crippen molar-refractivity contribution in [3.05, 3.63) is 70.9 Å². The lowest BCUT2D eigenvalue weighted by atomic mass is 9.93. The Balaban J connectivity index is 2.10. The molecule has 2 heterocycles. The van der Waals surface area contributed by atoms with Crippen LogP contribution in [0.2, 0.25) is 0 Å². The molecule has 1 atom stereocenters. The average Bonchev–Trinajstić information content (AvgIpc) is 2.98. The first-order chi connectivity index (χ1) is 12.9. The summed E-state index contributed by atoms with van der Waals surface area (Å²) in [6.45, 7) is 4.83. The zero-order valence-electron chi connectivity index (χ0n) is 15.3. The van der Waals surface area contributed by atoms with Gasteiger partial charge in [0, 0.05) is 24.8 Å².